The molecule has 0 fully saturated rings. The molecule has 136 valence electrons. The van der Waals surface area contributed by atoms with E-state index in [4.69, 9.17) is 4.74 Å². The number of allylic oxidation sites excluding steroid dienone is 2. The second-order valence-corrected chi connectivity index (χ2v) is 8.55. The summed E-state index contributed by atoms with van der Waals surface area (Å²) in [7, 11) is 1.73. The van der Waals surface area contributed by atoms with Gasteiger partial charge in [0.05, 0.1) is 7.11 Å². The molecule has 0 radical (unpaired) electrons. The average Bonchev–Trinajstić information content (AvgIpc) is 2.95. The maximum atomic E-state index is 12.7. The molecule has 3 rings (SSSR count). The maximum absolute atomic E-state index is 12.7. The fraction of sp³-hybridized carbons (Fsp3) is 0.609. The van der Waals surface area contributed by atoms with Crippen molar-refractivity contribution in [1.29, 1.82) is 0 Å². The van der Waals surface area contributed by atoms with E-state index in [1.54, 1.807) is 7.11 Å². The summed E-state index contributed by atoms with van der Waals surface area (Å²) in [6.07, 6.45) is 7.36. The molecule has 0 N–H and O–H groups in total. The van der Waals surface area contributed by atoms with Gasteiger partial charge in [-0.05, 0) is 66.2 Å². The Kier molecular flexibility index (Phi) is 5.09. The lowest BCUT2D eigenvalue weighted by Gasteiger charge is -2.42. The number of carbonyl (C=O) groups excluding carboxylic acids is 1. The second-order valence-electron chi connectivity index (χ2n) is 8.55. The molecule has 3 atom stereocenters. The molecule has 0 amide bonds. The molecule has 0 aromatic heterocycles. The van der Waals surface area contributed by atoms with Crippen LogP contribution < -0.4 is 4.74 Å². The van der Waals surface area contributed by atoms with Crippen LogP contribution in [0.5, 0.6) is 5.75 Å². The molecule has 1 aromatic rings. The molecule has 0 bridgehead atoms. The van der Waals surface area contributed by atoms with Crippen LogP contribution in [0.15, 0.2) is 29.8 Å². The highest BCUT2D eigenvalue weighted by Crippen LogP contribution is 2.58. The number of aryl methyl sites for hydroxylation is 1. The molecular weight excluding hydrogens is 308 g/mol. The van der Waals surface area contributed by atoms with E-state index in [0.29, 0.717) is 24.0 Å². The largest absolute Gasteiger partial charge is 0.497 e. The Labute approximate surface area is 152 Å². The first-order valence-electron chi connectivity index (χ1n) is 9.77. The van der Waals surface area contributed by atoms with Gasteiger partial charge in [0.2, 0.25) is 0 Å². The van der Waals surface area contributed by atoms with Gasteiger partial charge in [0, 0.05) is 12.3 Å². The SMILES string of the molecule is COc1ccc2c(c1)CC[C@]1(C)C([C@H](C)C(=O)CCC(C)C)=CC[C@@H]21. The highest BCUT2D eigenvalue weighted by Gasteiger charge is 2.47. The monoisotopic (exact) mass is 340 g/mol. The van der Waals surface area contributed by atoms with Crippen molar-refractivity contribution in [2.45, 2.75) is 65.7 Å². The third-order valence-electron chi connectivity index (χ3n) is 6.56. The molecule has 2 nitrogen and oxygen atoms in total. The Morgan fingerprint density at radius 3 is 2.76 bits per heavy atom. The van der Waals surface area contributed by atoms with E-state index in [1.165, 1.54) is 16.7 Å². The Morgan fingerprint density at radius 2 is 2.08 bits per heavy atom. The number of rotatable bonds is 6. The van der Waals surface area contributed by atoms with Crippen molar-refractivity contribution in [3.8, 4) is 5.75 Å². The molecule has 25 heavy (non-hydrogen) atoms. The topological polar surface area (TPSA) is 26.3 Å². The van der Waals surface area contributed by atoms with Crippen LogP contribution in [0.3, 0.4) is 0 Å². The summed E-state index contributed by atoms with van der Waals surface area (Å²) in [6, 6.07) is 6.53. The third kappa shape index (κ3) is 3.28. The van der Waals surface area contributed by atoms with Gasteiger partial charge in [0.25, 0.3) is 0 Å². The molecule has 2 aliphatic rings. The van der Waals surface area contributed by atoms with Gasteiger partial charge in [0.15, 0.2) is 0 Å². The van der Waals surface area contributed by atoms with Crippen molar-refractivity contribution in [1.82, 2.24) is 0 Å². The lowest BCUT2D eigenvalue weighted by molar-refractivity contribution is -0.122. The van der Waals surface area contributed by atoms with Crippen LogP contribution in [0.2, 0.25) is 0 Å². The van der Waals surface area contributed by atoms with Crippen LogP contribution in [0.1, 0.15) is 70.4 Å². The maximum Gasteiger partial charge on any atom is 0.139 e. The summed E-state index contributed by atoms with van der Waals surface area (Å²) in [5.41, 5.74) is 4.42. The molecule has 0 spiro atoms. The zero-order valence-corrected chi connectivity index (χ0v) is 16.4. The van der Waals surface area contributed by atoms with Crippen molar-refractivity contribution in [3.63, 3.8) is 0 Å². The van der Waals surface area contributed by atoms with E-state index >= 15 is 0 Å². The quantitative estimate of drug-likeness (QED) is 0.621. The molecular formula is C23H32O2. The van der Waals surface area contributed by atoms with Crippen molar-refractivity contribution in [3.05, 3.63) is 41.0 Å². The van der Waals surface area contributed by atoms with Crippen molar-refractivity contribution in [2.75, 3.05) is 7.11 Å². The number of fused-ring (bicyclic) bond motifs is 3. The second kappa shape index (κ2) is 6.97. The minimum Gasteiger partial charge on any atom is -0.497 e. The molecule has 0 heterocycles. The van der Waals surface area contributed by atoms with Gasteiger partial charge in [-0.1, -0.05) is 45.4 Å². The van der Waals surface area contributed by atoms with E-state index in [-0.39, 0.29) is 11.3 Å². The highest BCUT2D eigenvalue weighted by molar-refractivity contribution is 5.84. The first-order valence-corrected chi connectivity index (χ1v) is 9.77. The molecule has 0 aliphatic heterocycles. The van der Waals surface area contributed by atoms with Crippen LogP contribution in [0.25, 0.3) is 0 Å². The van der Waals surface area contributed by atoms with Crippen molar-refractivity contribution >= 4 is 5.78 Å². The number of hydrogen-bond acceptors (Lipinski definition) is 2. The van der Waals surface area contributed by atoms with E-state index in [0.717, 1.165) is 31.4 Å². The van der Waals surface area contributed by atoms with Gasteiger partial charge in [-0.2, -0.15) is 0 Å². The smallest absolute Gasteiger partial charge is 0.139 e. The minimum absolute atomic E-state index is 0.0635. The van der Waals surface area contributed by atoms with Gasteiger partial charge in [-0.3, -0.25) is 4.79 Å². The van der Waals surface area contributed by atoms with E-state index < -0.39 is 0 Å². The standard InChI is InChI=1S/C23H32O2/c1-15(2)6-11-22(24)16(3)20-9-10-21-19-8-7-18(25-5)14-17(19)12-13-23(20,21)4/h7-9,14-16,21H,6,10-13H2,1-5H3/t16-,21-,23+/m0/s1. The fourth-order valence-electron chi connectivity index (χ4n) is 4.88. The first-order chi connectivity index (χ1) is 11.9. The number of hydrogen-bond donors (Lipinski definition) is 0. The number of ether oxygens (including phenoxy) is 1. The Bertz CT molecular complexity index is 685. The number of methoxy groups -OCH3 is 1. The number of carbonyl (C=O) groups is 1. The zero-order chi connectivity index (χ0) is 18.2. The lowest BCUT2D eigenvalue weighted by Crippen LogP contribution is -2.33. The van der Waals surface area contributed by atoms with Gasteiger partial charge in [-0.15, -0.1) is 0 Å². The molecule has 0 saturated carbocycles. The Balaban J connectivity index is 1.81. The number of Topliss-reactive ketones (excluding diaryl/α,β-unsaturated/α-hetero) is 1. The molecule has 2 aliphatic carbocycles. The van der Waals surface area contributed by atoms with Gasteiger partial charge in [-0.25, -0.2) is 0 Å². The van der Waals surface area contributed by atoms with Crippen LogP contribution in [-0.4, -0.2) is 12.9 Å². The summed E-state index contributed by atoms with van der Waals surface area (Å²) in [6.45, 7) is 8.90. The van der Waals surface area contributed by atoms with Crippen molar-refractivity contribution < 1.29 is 9.53 Å². The summed E-state index contributed by atoms with van der Waals surface area (Å²) in [5.74, 6) is 2.53. The van der Waals surface area contributed by atoms with E-state index in [1.807, 2.05) is 0 Å². The number of benzene rings is 1. The average molecular weight is 341 g/mol. The predicted octanol–water partition coefficient (Wildman–Crippen LogP) is 5.70. The van der Waals surface area contributed by atoms with Crippen LogP contribution in [-0.2, 0) is 11.2 Å². The normalized spacial score (nSPS) is 26.0. The first kappa shape index (κ1) is 18.2. The summed E-state index contributed by atoms with van der Waals surface area (Å²) < 4.78 is 5.40. The fourth-order valence-corrected chi connectivity index (χ4v) is 4.88. The molecule has 2 heteroatoms. The lowest BCUT2D eigenvalue weighted by atomic mass is 9.62. The summed E-state index contributed by atoms with van der Waals surface area (Å²) in [4.78, 5) is 12.7. The van der Waals surface area contributed by atoms with Crippen molar-refractivity contribution in [2.24, 2.45) is 17.3 Å². The van der Waals surface area contributed by atoms with Crippen LogP contribution >= 0.6 is 0 Å². The van der Waals surface area contributed by atoms with E-state index in [2.05, 4.69) is 52.0 Å². The van der Waals surface area contributed by atoms with E-state index in [9.17, 15) is 4.79 Å². The molecule has 1 aromatic carbocycles. The Hall–Kier alpha value is -1.57. The summed E-state index contributed by atoms with van der Waals surface area (Å²) in [5, 5.41) is 0. The number of ketones is 1. The Morgan fingerprint density at radius 1 is 1.32 bits per heavy atom. The highest BCUT2D eigenvalue weighted by atomic mass is 16.5. The van der Waals surface area contributed by atoms with Gasteiger partial charge in [0.1, 0.15) is 11.5 Å². The van der Waals surface area contributed by atoms with Gasteiger partial charge < -0.3 is 4.74 Å². The van der Waals surface area contributed by atoms with Crippen LogP contribution in [0, 0.1) is 17.3 Å². The third-order valence-corrected chi connectivity index (χ3v) is 6.56. The zero-order valence-electron chi connectivity index (χ0n) is 16.4. The molecule has 0 unspecified atom stereocenters. The summed E-state index contributed by atoms with van der Waals surface area (Å²) >= 11 is 0. The molecule has 0 saturated heterocycles. The minimum atomic E-state index is 0.0635. The van der Waals surface area contributed by atoms with Gasteiger partial charge >= 0.3 is 0 Å². The predicted molar refractivity (Wildman–Crippen MR) is 103 cm³/mol. The van der Waals surface area contributed by atoms with Crippen LogP contribution in [0.4, 0.5) is 0 Å².